The van der Waals surface area contributed by atoms with Crippen molar-refractivity contribution in [1.29, 1.82) is 0 Å². The number of carbonyl (C=O) groups is 1. The largest absolute Gasteiger partial charge is 0.472 e. The van der Waals surface area contributed by atoms with E-state index in [1.54, 1.807) is 0 Å². The van der Waals surface area contributed by atoms with Crippen LogP contribution < -0.4 is 5.32 Å². The summed E-state index contributed by atoms with van der Waals surface area (Å²) in [6, 6.07) is -1.42. The highest BCUT2D eigenvalue weighted by molar-refractivity contribution is 7.47. The van der Waals surface area contributed by atoms with E-state index in [0.717, 1.165) is 64.2 Å². The molecule has 3 fully saturated rings. The van der Waals surface area contributed by atoms with Crippen LogP contribution in [-0.4, -0.2) is 223 Å². The second-order valence-electron chi connectivity index (χ2n) is 24.2. The summed E-state index contributed by atoms with van der Waals surface area (Å²) in [4.78, 5) is 35.0. The first-order valence-electron chi connectivity index (χ1n) is 32.3. The van der Waals surface area contributed by atoms with Crippen molar-refractivity contribution in [2.45, 2.75) is 348 Å². The van der Waals surface area contributed by atoms with Crippen LogP contribution in [0.3, 0.4) is 0 Å². The SMILES string of the molecule is CCCCCCCCCCCCCCCCCCCCC(O)C(=O)N[C@@H](COP(=O)(O)O[C@H]1C(O)C(O)C(O)[C@@H](O)C1O[C@H]1O[C@H](COP(=O)(O)OC2C(O)C(O)C(O)[C@@H](O)C2O)[C@@H](O)C(O)C1O)[C@H](O)CCCCCCCCCCCCCCC. The fourth-order valence-corrected chi connectivity index (χ4v) is 13.2. The van der Waals surface area contributed by atoms with Gasteiger partial charge in [-0.25, -0.2) is 9.13 Å². The first-order chi connectivity index (χ1) is 40.9. The number of unbranched alkanes of at least 4 members (excludes halogenated alkanes) is 29. The number of hydrogen-bond donors (Lipinski definition) is 17. The molecule has 17 N–H and O–H groups in total. The summed E-state index contributed by atoms with van der Waals surface area (Å²) in [5.41, 5.74) is 0. The van der Waals surface area contributed by atoms with E-state index in [2.05, 4.69) is 19.2 Å². The van der Waals surface area contributed by atoms with Gasteiger partial charge in [-0.05, 0) is 12.8 Å². The molecule has 26 nitrogen and oxygen atoms in total. The molecule has 14 unspecified atom stereocenters. The fraction of sp³-hybridized carbons (Fsp3) is 0.983. The maximum Gasteiger partial charge on any atom is 0.472 e. The lowest BCUT2D eigenvalue weighted by Gasteiger charge is -2.47. The van der Waals surface area contributed by atoms with Crippen molar-refractivity contribution in [3.05, 3.63) is 0 Å². The number of hydrogen-bond acceptors (Lipinski definition) is 23. The number of aliphatic hydroxyl groups excluding tert-OH is 14. The lowest BCUT2D eigenvalue weighted by molar-refractivity contribution is -0.337. The summed E-state index contributed by atoms with van der Waals surface area (Å²) in [6.07, 6.45) is -5.84. The minimum atomic E-state index is -5.58. The third-order valence-corrected chi connectivity index (χ3v) is 18.9. The van der Waals surface area contributed by atoms with Crippen LogP contribution in [0.5, 0.6) is 0 Å². The molecule has 0 aromatic carbocycles. The number of amides is 1. The minimum absolute atomic E-state index is 0.104. The molecule has 3 rings (SSSR count). The molecule has 510 valence electrons. The molecule has 3 aliphatic rings. The number of phosphoric ester groups is 2. The standard InChI is InChI=1S/C58H113NO25P2/c1-3-5-7-9-11-13-15-17-18-19-20-21-23-25-27-29-31-33-35-40(61)57(74)59-38(39(60)34-32-30-28-26-24-22-16-14-12-10-8-6-4-2)36-79-85(75,76)84-56-52(72)48(68)47(67)51(71)55(56)82-58-53(73)43(63)42(62)41(81-58)37-80-86(77,78)83-54-49(69)45(65)44(64)46(66)50(54)70/h38-56,58,60-73H,3-37H2,1-2H3,(H,59,74)(H,75,76)(H,77,78)/t38-,39+,40?,41+,42+,43?,44?,45+,46?,47?,48?,49?,50?,51+,52?,53?,54?,55?,56-,58+/m0/s1. The Labute approximate surface area is 509 Å². The number of phosphoric acid groups is 2. The number of aliphatic hydroxyl groups is 14. The Balaban J connectivity index is 1.61. The highest BCUT2D eigenvalue weighted by Crippen LogP contribution is 2.49. The zero-order valence-electron chi connectivity index (χ0n) is 51.0. The topological polar surface area (TPSA) is 442 Å². The highest BCUT2D eigenvalue weighted by atomic mass is 31.2. The Morgan fingerprint density at radius 1 is 0.419 bits per heavy atom. The van der Waals surface area contributed by atoms with E-state index in [0.29, 0.717) is 12.8 Å². The van der Waals surface area contributed by atoms with Gasteiger partial charge in [-0.3, -0.25) is 22.9 Å². The van der Waals surface area contributed by atoms with Crippen LogP contribution in [0.4, 0.5) is 0 Å². The monoisotopic (exact) mass is 1290 g/mol. The summed E-state index contributed by atoms with van der Waals surface area (Å²) in [5, 5.41) is 151. The summed E-state index contributed by atoms with van der Waals surface area (Å²) in [6.45, 7) is 2.25. The average molecular weight is 1290 g/mol. The van der Waals surface area contributed by atoms with Crippen LogP contribution in [-0.2, 0) is 41.5 Å². The molecule has 2 saturated carbocycles. The molecule has 0 bridgehead atoms. The zero-order valence-corrected chi connectivity index (χ0v) is 52.8. The first-order valence-corrected chi connectivity index (χ1v) is 35.3. The van der Waals surface area contributed by atoms with Gasteiger partial charge in [0.1, 0.15) is 104 Å². The predicted molar refractivity (Wildman–Crippen MR) is 315 cm³/mol. The van der Waals surface area contributed by atoms with Gasteiger partial charge in [-0.2, -0.15) is 0 Å². The Hall–Kier alpha value is -0.950. The summed E-state index contributed by atoms with van der Waals surface area (Å²) >= 11 is 0. The van der Waals surface area contributed by atoms with Gasteiger partial charge < -0.3 is 96.1 Å². The highest BCUT2D eigenvalue weighted by Gasteiger charge is 2.56. The van der Waals surface area contributed by atoms with E-state index in [1.165, 1.54) is 122 Å². The molecule has 22 atom stereocenters. The van der Waals surface area contributed by atoms with Crippen molar-refractivity contribution in [2.24, 2.45) is 0 Å². The third kappa shape index (κ3) is 28.5. The lowest BCUT2D eigenvalue weighted by atomic mass is 9.84. The second kappa shape index (κ2) is 43.0. The van der Waals surface area contributed by atoms with Crippen LogP contribution >= 0.6 is 15.6 Å². The fourth-order valence-electron chi connectivity index (χ4n) is 11.3. The maximum atomic E-state index is 13.8. The average Bonchev–Trinajstić information content (AvgIpc) is 1.29. The van der Waals surface area contributed by atoms with Crippen LogP contribution in [0.1, 0.15) is 226 Å². The van der Waals surface area contributed by atoms with Crippen molar-refractivity contribution >= 4 is 21.6 Å². The van der Waals surface area contributed by atoms with Gasteiger partial charge in [0, 0.05) is 0 Å². The van der Waals surface area contributed by atoms with E-state index in [4.69, 9.17) is 27.6 Å². The number of ether oxygens (including phenoxy) is 2. The number of carbonyl (C=O) groups excluding carboxylic acids is 1. The van der Waals surface area contributed by atoms with Crippen molar-refractivity contribution in [3.63, 3.8) is 0 Å². The number of nitrogens with one attached hydrogen (secondary N) is 1. The van der Waals surface area contributed by atoms with E-state index in [-0.39, 0.29) is 12.8 Å². The molecule has 2 aliphatic carbocycles. The van der Waals surface area contributed by atoms with Crippen LogP contribution in [0.2, 0.25) is 0 Å². The molecule has 0 aromatic rings. The van der Waals surface area contributed by atoms with Crippen molar-refractivity contribution in [2.75, 3.05) is 13.2 Å². The van der Waals surface area contributed by atoms with Crippen molar-refractivity contribution < 1.29 is 123 Å². The molecule has 0 radical (unpaired) electrons. The Morgan fingerprint density at radius 2 is 0.744 bits per heavy atom. The molecule has 0 spiro atoms. The van der Waals surface area contributed by atoms with E-state index >= 15 is 0 Å². The smallest absolute Gasteiger partial charge is 0.391 e. The van der Waals surface area contributed by atoms with Gasteiger partial charge >= 0.3 is 15.6 Å². The van der Waals surface area contributed by atoms with Gasteiger partial charge in [0.15, 0.2) is 6.29 Å². The van der Waals surface area contributed by atoms with Crippen molar-refractivity contribution in [3.8, 4) is 0 Å². The Kier molecular flexibility index (Phi) is 39.7. The van der Waals surface area contributed by atoms with E-state index in [9.17, 15) is 95.2 Å². The maximum absolute atomic E-state index is 13.8. The number of rotatable bonds is 48. The lowest BCUT2D eigenvalue weighted by Crippen LogP contribution is -2.67. The van der Waals surface area contributed by atoms with Crippen LogP contribution in [0, 0.1) is 0 Å². The molecular weight excluding hydrogens is 1170 g/mol. The molecular formula is C58H113NO25P2. The summed E-state index contributed by atoms with van der Waals surface area (Å²) < 4.78 is 57.8. The quantitative estimate of drug-likeness (QED) is 0.0306. The summed E-state index contributed by atoms with van der Waals surface area (Å²) in [7, 11) is -11.1. The molecule has 1 aliphatic heterocycles. The molecule has 86 heavy (non-hydrogen) atoms. The van der Waals surface area contributed by atoms with Crippen LogP contribution in [0.25, 0.3) is 0 Å². The van der Waals surface area contributed by atoms with Gasteiger partial charge in [0.25, 0.3) is 0 Å². The van der Waals surface area contributed by atoms with E-state index < -0.39 is 157 Å². The van der Waals surface area contributed by atoms with Gasteiger partial charge in [0.2, 0.25) is 5.91 Å². The molecule has 1 heterocycles. The summed E-state index contributed by atoms with van der Waals surface area (Å²) in [5.74, 6) is -0.876. The van der Waals surface area contributed by atoms with E-state index in [1.807, 2.05) is 0 Å². The molecule has 0 aromatic heterocycles. The van der Waals surface area contributed by atoms with Crippen molar-refractivity contribution in [1.82, 2.24) is 5.32 Å². The predicted octanol–water partition coefficient (Wildman–Crippen LogP) is 3.58. The molecule has 1 amide bonds. The first kappa shape index (κ1) is 79.3. The Morgan fingerprint density at radius 3 is 1.16 bits per heavy atom. The minimum Gasteiger partial charge on any atom is -0.391 e. The molecule has 1 saturated heterocycles. The third-order valence-electron chi connectivity index (χ3n) is 16.9. The van der Waals surface area contributed by atoms with Gasteiger partial charge in [-0.1, -0.05) is 213 Å². The Bertz CT molecular complexity index is 1850. The second-order valence-corrected chi connectivity index (χ2v) is 27.0. The normalized spacial score (nSPS) is 32.3. The van der Waals surface area contributed by atoms with Gasteiger partial charge in [0.05, 0.1) is 25.4 Å². The zero-order chi connectivity index (χ0) is 63.8. The van der Waals surface area contributed by atoms with Crippen LogP contribution in [0.15, 0.2) is 0 Å². The van der Waals surface area contributed by atoms with Gasteiger partial charge in [-0.15, -0.1) is 0 Å². The molecule has 28 heteroatoms.